The molecule has 98 valence electrons. The lowest BCUT2D eigenvalue weighted by molar-refractivity contribution is -0.384. The second-order valence-electron chi connectivity index (χ2n) is 3.58. The van der Waals surface area contributed by atoms with Gasteiger partial charge in [-0.25, -0.2) is 4.98 Å². The standard InChI is InChI=1S/C11H8Cl2N4O2/c12-6-2-1-3-7(13)10(6)15-9-5-4-8(17(18)19)11(14)16-9/h1-5H,(H3,14,15,16). The number of hydrogen-bond donors (Lipinski definition) is 2. The van der Waals surface area contributed by atoms with Crippen molar-refractivity contribution in [2.24, 2.45) is 0 Å². The van der Waals surface area contributed by atoms with Crippen LogP contribution in [-0.2, 0) is 0 Å². The molecule has 6 nitrogen and oxygen atoms in total. The summed E-state index contributed by atoms with van der Waals surface area (Å²) in [5.41, 5.74) is 5.70. The SMILES string of the molecule is Nc1nc(Nc2c(Cl)cccc2Cl)ccc1[N+](=O)[O-]. The van der Waals surface area contributed by atoms with Crippen LogP contribution in [0.25, 0.3) is 0 Å². The molecule has 8 heteroatoms. The molecule has 0 radical (unpaired) electrons. The molecule has 0 aliphatic rings. The van der Waals surface area contributed by atoms with Gasteiger partial charge in [0.05, 0.1) is 20.7 Å². The van der Waals surface area contributed by atoms with E-state index in [-0.39, 0.29) is 11.5 Å². The maximum Gasteiger partial charge on any atom is 0.311 e. The molecule has 3 N–H and O–H groups in total. The monoisotopic (exact) mass is 298 g/mol. The molecule has 0 saturated heterocycles. The molecule has 0 unspecified atom stereocenters. The Kier molecular flexibility index (Phi) is 3.73. The third-order valence-corrected chi connectivity index (χ3v) is 2.94. The molecule has 0 bridgehead atoms. The number of nitrogens with zero attached hydrogens (tertiary/aromatic N) is 2. The minimum absolute atomic E-state index is 0.182. The van der Waals surface area contributed by atoms with Crippen molar-refractivity contribution in [3.05, 3.63) is 50.5 Å². The van der Waals surface area contributed by atoms with Crippen LogP contribution in [-0.4, -0.2) is 9.91 Å². The Morgan fingerprint density at radius 3 is 2.37 bits per heavy atom. The number of nitrogens with two attached hydrogens (primary N) is 1. The van der Waals surface area contributed by atoms with E-state index in [4.69, 9.17) is 28.9 Å². The molecule has 1 aromatic heterocycles. The average Bonchev–Trinajstić information content (AvgIpc) is 2.33. The lowest BCUT2D eigenvalue weighted by atomic mass is 10.3. The lowest BCUT2D eigenvalue weighted by Gasteiger charge is -2.09. The van der Waals surface area contributed by atoms with Crippen molar-refractivity contribution in [3.8, 4) is 0 Å². The Bertz CT molecular complexity index is 628. The maximum absolute atomic E-state index is 10.6. The fourth-order valence-electron chi connectivity index (χ4n) is 1.44. The first-order valence-corrected chi connectivity index (χ1v) is 5.86. The number of aromatic nitrogens is 1. The molecule has 0 aliphatic carbocycles. The van der Waals surface area contributed by atoms with Crippen molar-refractivity contribution in [2.75, 3.05) is 11.1 Å². The predicted octanol–water partition coefficient (Wildman–Crippen LogP) is 3.62. The molecule has 0 atom stereocenters. The number of para-hydroxylation sites is 1. The van der Waals surface area contributed by atoms with Gasteiger partial charge in [-0.05, 0) is 18.2 Å². The van der Waals surface area contributed by atoms with E-state index < -0.39 is 4.92 Å². The molecule has 19 heavy (non-hydrogen) atoms. The number of nitrogen functional groups attached to an aromatic ring is 1. The lowest BCUT2D eigenvalue weighted by Crippen LogP contribution is -2.02. The van der Waals surface area contributed by atoms with Crippen LogP contribution >= 0.6 is 23.2 Å². The zero-order valence-electron chi connectivity index (χ0n) is 9.43. The quantitative estimate of drug-likeness (QED) is 0.666. The van der Waals surface area contributed by atoms with Gasteiger partial charge in [0.25, 0.3) is 0 Å². The van der Waals surface area contributed by atoms with E-state index in [0.29, 0.717) is 21.6 Å². The highest BCUT2D eigenvalue weighted by Gasteiger charge is 2.14. The zero-order valence-corrected chi connectivity index (χ0v) is 10.9. The van der Waals surface area contributed by atoms with Gasteiger partial charge in [-0.3, -0.25) is 10.1 Å². The van der Waals surface area contributed by atoms with Crippen LogP contribution in [0.4, 0.5) is 23.0 Å². The Balaban J connectivity index is 2.34. The van der Waals surface area contributed by atoms with Gasteiger partial charge in [0.15, 0.2) is 0 Å². The third-order valence-electron chi connectivity index (χ3n) is 2.31. The highest BCUT2D eigenvalue weighted by Crippen LogP contribution is 2.32. The summed E-state index contributed by atoms with van der Waals surface area (Å²) >= 11 is 12.0. The number of nitro groups is 1. The average molecular weight is 299 g/mol. The van der Waals surface area contributed by atoms with Gasteiger partial charge < -0.3 is 11.1 Å². The number of halogens is 2. The Morgan fingerprint density at radius 1 is 1.21 bits per heavy atom. The zero-order chi connectivity index (χ0) is 14.0. The van der Waals surface area contributed by atoms with Crippen LogP contribution in [0.3, 0.4) is 0 Å². The van der Waals surface area contributed by atoms with Crippen LogP contribution in [0.5, 0.6) is 0 Å². The van der Waals surface area contributed by atoms with E-state index in [9.17, 15) is 10.1 Å². The first kappa shape index (κ1) is 13.4. The molecule has 0 amide bonds. The van der Waals surface area contributed by atoms with Gasteiger partial charge in [0.1, 0.15) is 5.82 Å². The number of nitrogens with one attached hydrogen (secondary N) is 1. The van der Waals surface area contributed by atoms with E-state index in [1.807, 2.05) is 0 Å². The van der Waals surface area contributed by atoms with Crippen molar-refractivity contribution < 1.29 is 4.92 Å². The highest BCUT2D eigenvalue weighted by atomic mass is 35.5. The summed E-state index contributed by atoms with van der Waals surface area (Å²) < 4.78 is 0. The van der Waals surface area contributed by atoms with Gasteiger partial charge in [-0.15, -0.1) is 0 Å². The molecule has 0 saturated carbocycles. The van der Waals surface area contributed by atoms with Crippen LogP contribution in [0.2, 0.25) is 10.0 Å². The molecular weight excluding hydrogens is 291 g/mol. The Morgan fingerprint density at radius 2 is 1.84 bits per heavy atom. The van der Waals surface area contributed by atoms with Crippen LogP contribution in [0.1, 0.15) is 0 Å². The largest absolute Gasteiger partial charge is 0.378 e. The summed E-state index contributed by atoms with van der Waals surface area (Å²) in [7, 11) is 0. The summed E-state index contributed by atoms with van der Waals surface area (Å²) in [6, 6.07) is 7.70. The first-order valence-electron chi connectivity index (χ1n) is 5.11. The summed E-state index contributed by atoms with van der Waals surface area (Å²) in [4.78, 5) is 13.9. The predicted molar refractivity (Wildman–Crippen MR) is 75.0 cm³/mol. The van der Waals surface area contributed by atoms with Crippen LogP contribution < -0.4 is 11.1 Å². The second-order valence-corrected chi connectivity index (χ2v) is 4.39. The molecule has 0 aliphatic heterocycles. The number of hydrogen-bond acceptors (Lipinski definition) is 5. The summed E-state index contributed by atoms with van der Waals surface area (Å²) in [6.07, 6.45) is 0. The molecule has 0 fully saturated rings. The number of rotatable bonds is 3. The van der Waals surface area contributed by atoms with Crippen molar-refractivity contribution >= 4 is 46.2 Å². The third kappa shape index (κ3) is 2.86. The van der Waals surface area contributed by atoms with Crippen LogP contribution in [0.15, 0.2) is 30.3 Å². The fraction of sp³-hybridized carbons (Fsp3) is 0. The van der Waals surface area contributed by atoms with E-state index in [1.165, 1.54) is 12.1 Å². The molecule has 0 spiro atoms. The molecular formula is C11H8Cl2N4O2. The smallest absolute Gasteiger partial charge is 0.311 e. The topological polar surface area (TPSA) is 94.1 Å². The van der Waals surface area contributed by atoms with Gasteiger partial charge in [0, 0.05) is 6.07 Å². The normalized spacial score (nSPS) is 10.2. The van der Waals surface area contributed by atoms with Gasteiger partial charge in [-0.1, -0.05) is 29.3 Å². The maximum atomic E-state index is 10.6. The van der Waals surface area contributed by atoms with E-state index in [2.05, 4.69) is 10.3 Å². The van der Waals surface area contributed by atoms with Gasteiger partial charge in [0.2, 0.25) is 5.82 Å². The number of anilines is 3. The molecule has 2 rings (SSSR count). The minimum Gasteiger partial charge on any atom is -0.378 e. The molecule has 1 aromatic carbocycles. The first-order chi connectivity index (χ1) is 8.99. The molecule has 2 aromatic rings. The Labute approximate surface area is 118 Å². The van der Waals surface area contributed by atoms with Crippen LogP contribution in [0, 0.1) is 10.1 Å². The summed E-state index contributed by atoms with van der Waals surface area (Å²) in [5.74, 6) is 0.135. The van der Waals surface area contributed by atoms with E-state index in [0.717, 1.165) is 0 Å². The molecule has 1 heterocycles. The highest BCUT2D eigenvalue weighted by molar-refractivity contribution is 6.39. The second kappa shape index (κ2) is 5.29. The number of benzene rings is 1. The van der Waals surface area contributed by atoms with E-state index in [1.54, 1.807) is 18.2 Å². The van der Waals surface area contributed by atoms with E-state index >= 15 is 0 Å². The van der Waals surface area contributed by atoms with Gasteiger partial charge >= 0.3 is 5.69 Å². The van der Waals surface area contributed by atoms with Crippen molar-refractivity contribution in [1.29, 1.82) is 0 Å². The minimum atomic E-state index is -0.603. The van der Waals surface area contributed by atoms with Crippen molar-refractivity contribution in [1.82, 2.24) is 4.98 Å². The Hall–Kier alpha value is -2.05. The number of pyridine rings is 1. The van der Waals surface area contributed by atoms with Crippen molar-refractivity contribution in [2.45, 2.75) is 0 Å². The summed E-state index contributed by atoms with van der Waals surface area (Å²) in [5, 5.41) is 14.3. The van der Waals surface area contributed by atoms with Gasteiger partial charge in [-0.2, -0.15) is 0 Å². The van der Waals surface area contributed by atoms with Crippen molar-refractivity contribution in [3.63, 3.8) is 0 Å². The summed E-state index contributed by atoms with van der Waals surface area (Å²) in [6.45, 7) is 0. The fourth-order valence-corrected chi connectivity index (χ4v) is 1.93.